The highest BCUT2D eigenvalue weighted by atomic mass is 16.5. The molecule has 0 spiro atoms. The van der Waals surface area contributed by atoms with Crippen molar-refractivity contribution in [1.82, 2.24) is 10.6 Å². The molecule has 1 amide bonds. The van der Waals surface area contributed by atoms with E-state index in [9.17, 15) is 9.90 Å². The van der Waals surface area contributed by atoms with Gasteiger partial charge in [-0.2, -0.15) is 0 Å². The van der Waals surface area contributed by atoms with E-state index in [1.165, 1.54) is 0 Å². The van der Waals surface area contributed by atoms with E-state index in [1.807, 2.05) is 13.8 Å². The first kappa shape index (κ1) is 14.4. The highest BCUT2D eigenvalue weighted by Gasteiger charge is 2.33. The number of hydrogen-bond donors (Lipinski definition) is 3. The van der Waals surface area contributed by atoms with Crippen molar-refractivity contribution < 1.29 is 14.6 Å². The Kier molecular flexibility index (Phi) is 5.88. The highest BCUT2D eigenvalue weighted by Crippen LogP contribution is 2.14. The molecule has 0 aromatic heterocycles. The summed E-state index contributed by atoms with van der Waals surface area (Å²) in [7, 11) is 0. The van der Waals surface area contributed by atoms with E-state index in [4.69, 9.17) is 4.74 Å². The van der Waals surface area contributed by atoms with Gasteiger partial charge in [0.15, 0.2) is 0 Å². The Morgan fingerprint density at radius 3 is 2.76 bits per heavy atom. The van der Waals surface area contributed by atoms with Crippen LogP contribution in [0.2, 0.25) is 0 Å². The van der Waals surface area contributed by atoms with Crippen molar-refractivity contribution in [2.75, 3.05) is 19.8 Å². The number of amides is 1. The van der Waals surface area contributed by atoms with E-state index < -0.39 is 6.10 Å². The summed E-state index contributed by atoms with van der Waals surface area (Å²) in [5, 5.41) is 15.4. The fraction of sp³-hybridized carbons (Fsp3) is 0.917. The molecule has 1 aliphatic rings. The third-order valence-corrected chi connectivity index (χ3v) is 2.97. The smallest absolute Gasteiger partial charge is 0.227 e. The number of carbonyl (C=O) groups is 1. The van der Waals surface area contributed by atoms with E-state index in [0.717, 1.165) is 6.54 Å². The number of likely N-dealkylation sites (N-methyl/N-ethyl adjacent to an activating group) is 1. The third-order valence-electron chi connectivity index (χ3n) is 2.97. The molecule has 1 fully saturated rings. The average Bonchev–Trinajstić information content (AvgIpc) is 2.64. The lowest BCUT2D eigenvalue weighted by Gasteiger charge is -2.21. The molecule has 5 nitrogen and oxygen atoms in total. The Morgan fingerprint density at radius 2 is 2.18 bits per heavy atom. The summed E-state index contributed by atoms with van der Waals surface area (Å²) in [6.07, 6.45) is 0.181. The summed E-state index contributed by atoms with van der Waals surface area (Å²) in [5.41, 5.74) is 0. The minimum absolute atomic E-state index is 0.00891. The van der Waals surface area contributed by atoms with Crippen LogP contribution >= 0.6 is 0 Å². The second kappa shape index (κ2) is 6.93. The second-order valence-corrected chi connectivity index (χ2v) is 4.80. The number of rotatable bonds is 6. The largest absolute Gasteiger partial charge is 0.393 e. The molecule has 4 unspecified atom stereocenters. The van der Waals surface area contributed by atoms with Gasteiger partial charge in [-0.25, -0.2) is 0 Å². The van der Waals surface area contributed by atoms with Crippen LogP contribution < -0.4 is 10.6 Å². The molecule has 100 valence electrons. The fourth-order valence-corrected chi connectivity index (χ4v) is 2.20. The molecule has 1 aliphatic heterocycles. The predicted molar refractivity (Wildman–Crippen MR) is 65.7 cm³/mol. The molecule has 1 rings (SSSR count). The van der Waals surface area contributed by atoms with Crippen LogP contribution in [0.1, 0.15) is 27.2 Å². The van der Waals surface area contributed by atoms with Crippen LogP contribution in [0.4, 0.5) is 0 Å². The maximum Gasteiger partial charge on any atom is 0.227 e. The first-order valence-corrected chi connectivity index (χ1v) is 6.34. The average molecular weight is 244 g/mol. The van der Waals surface area contributed by atoms with Crippen LogP contribution in [0.3, 0.4) is 0 Å². The summed E-state index contributed by atoms with van der Waals surface area (Å²) in [6, 6.07) is 0.101. The summed E-state index contributed by atoms with van der Waals surface area (Å²) in [4.78, 5) is 12.0. The first-order valence-electron chi connectivity index (χ1n) is 6.34. The van der Waals surface area contributed by atoms with E-state index in [0.29, 0.717) is 19.6 Å². The van der Waals surface area contributed by atoms with Gasteiger partial charge in [0.25, 0.3) is 0 Å². The van der Waals surface area contributed by atoms with Crippen LogP contribution in [0.25, 0.3) is 0 Å². The molecular formula is C12H24N2O3. The number of hydrogen-bond acceptors (Lipinski definition) is 4. The fourth-order valence-electron chi connectivity index (χ4n) is 2.20. The van der Waals surface area contributed by atoms with Gasteiger partial charge >= 0.3 is 0 Å². The Bertz CT molecular complexity index is 246. The van der Waals surface area contributed by atoms with Crippen LogP contribution in [-0.4, -0.2) is 49.0 Å². The number of aliphatic hydroxyl groups excluding tert-OH is 1. The normalized spacial score (nSPS) is 27.8. The molecule has 0 aliphatic carbocycles. The van der Waals surface area contributed by atoms with Gasteiger partial charge in [0.1, 0.15) is 0 Å². The third kappa shape index (κ3) is 4.61. The molecule has 0 aromatic rings. The summed E-state index contributed by atoms with van der Waals surface area (Å²) in [5.74, 6) is -0.104. The number of ether oxygens (including phenoxy) is 1. The topological polar surface area (TPSA) is 70.6 Å². The lowest BCUT2D eigenvalue weighted by Crippen LogP contribution is -2.46. The van der Waals surface area contributed by atoms with Crippen LogP contribution in [0, 0.1) is 5.92 Å². The first-order chi connectivity index (χ1) is 8.04. The molecular weight excluding hydrogens is 220 g/mol. The van der Waals surface area contributed by atoms with Crippen molar-refractivity contribution in [2.45, 2.75) is 45.4 Å². The standard InChI is InChI=1S/C12H24N2O3/c1-4-13-11-7-17-6-10(11)12(16)14-8(2)5-9(3)15/h8-11,13,15H,4-7H2,1-3H3,(H,14,16). The minimum Gasteiger partial charge on any atom is -0.393 e. The van der Waals surface area contributed by atoms with Gasteiger partial charge < -0.3 is 20.5 Å². The zero-order chi connectivity index (χ0) is 12.8. The lowest BCUT2D eigenvalue weighted by atomic mass is 10.0. The Hall–Kier alpha value is -0.650. The van der Waals surface area contributed by atoms with Gasteiger partial charge in [0.05, 0.1) is 25.2 Å². The van der Waals surface area contributed by atoms with Crippen LogP contribution in [-0.2, 0) is 9.53 Å². The molecule has 5 heteroatoms. The second-order valence-electron chi connectivity index (χ2n) is 4.80. The van der Waals surface area contributed by atoms with Gasteiger partial charge in [0.2, 0.25) is 5.91 Å². The quantitative estimate of drug-likeness (QED) is 0.609. The van der Waals surface area contributed by atoms with Crippen LogP contribution in [0.5, 0.6) is 0 Å². The minimum atomic E-state index is -0.394. The number of carbonyl (C=O) groups excluding carboxylic acids is 1. The van der Waals surface area contributed by atoms with Crippen molar-refractivity contribution in [3.63, 3.8) is 0 Å². The molecule has 1 heterocycles. The van der Waals surface area contributed by atoms with Crippen molar-refractivity contribution in [1.29, 1.82) is 0 Å². The van der Waals surface area contributed by atoms with Gasteiger partial charge in [-0.3, -0.25) is 4.79 Å². The van der Waals surface area contributed by atoms with Gasteiger partial charge in [-0.15, -0.1) is 0 Å². The van der Waals surface area contributed by atoms with Gasteiger partial charge in [-0.05, 0) is 26.8 Å². The van der Waals surface area contributed by atoms with Crippen LogP contribution in [0.15, 0.2) is 0 Å². The van der Waals surface area contributed by atoms with Crippen molar-refractivity contribution in [3.8, 4) is 0 Å². The maximum atomic E-state index is 12.0. The van der Waals surface area contributed by atoms with Crippen molar-refractivity contribution in [3.05, 3.63) is 0 Å². The number of nitrogens with one attached hydrogen (secondary N) is 2. The van der Waals surface area contributed by atoms with E-state index in [-0.39, 0.29) is 23.9 Å². The molecule has 1 saturated heterocycles. The maximum absolute atomic E-state index is 12.0. The molecule has 4 atom stereocenters. The Morgan fingerprint density at radius 1 is 1.47 bits per heavy atom. The van der Waals surface area contributed by atoms with Gasteiger partial charge in [-0.1, -0.05) is 6.92 Å². The zero-order valence-electron chi connectivity index (χ0n) is 10.9. The predicted octanol–water partition coefficient (Wildman–Crippen LogP) is -0.113. The Balaban J connectivity index is 2.40. The SMILES string of the molecule is CCNC1COCC1C(=O)NC(C)CC(C)O. The molecule has 17 heavy (non-hydrogen) atoms. The molecule has 0 bridgehead atoms. The molecule has 0 radical (unpaired) electrons. The van der Waals surface area contributed by atoms with Crippen molar-refractivity contribution >= 4 is 5.91 Å². The van der Waals surface area contributed by atoms with E-state index >= 15 is 0 Å². The molecule has 0 saturated carbocycles. The van der Waals surface area contributed by atoms with E-state index in [1.54, 1.807) is 6.92 Å². The Labute approximate surface area is 103 Å². The molecule has 0 aromatic carbocycles. The summed E-state index contributed by atoms with van der Waals surface area (Å²) in [6.45, 7) is 7.55. The van der Waals surface area contributed by atoms with E-state index in [2.05, 4.69) is 10.6 Å². The molecule has 3 N–H and O–H groups in total. The van der Waals surface area contributed by atoms with Crippen molar-refractivity contribution in [2.24, 2.45) is 5.92 Å². The summed E-state index contributed by atoms with van der Waals surface area (Å²) < 4.78 is 5.33. The van der Waals surface area contributed by atoms with Gasteiger partial charge in [0, 0.05) is 12.1 Å². The number of aliphatic hydroxyl groups is 1. The monoisotopic (exact) mass is 244 g/mol. The zero-order valence-corrected chi connectivity index (χ0v) is 10.9. The lowest BCUT2D eigenvalue weighted by molar-refractivity contribution is -0.126. The highest BCUT2D eigenvalue weighted by molar-refractivity contribution is 5.80. The summed E-state index contributed by atoms with van der Waals surface area (Å²) >= 11 is 0.